The second kappa shape index (κ2) is 7.49. The van der Waals surface area contributed by atoms with Gasteiger partial charge in [0.15, 0.2) is 0 Å². The molecule has 3 unspecified atom stereocenters. The minimum atomic E-state index is 0.614. The van der Waals surface area contributed by atoms with Crippen LogP contribution in [0.2, 0.25) is 0 Å². The molecule has 0 aromatic carbocycles. The van der Waals surface area contributed by atoms with Crippen molar-refractivity contribution in [3.63, 3.8) is 0 Å². The van der Waals surface area contributed by atoms with E-state index in [1.807, 2.05) is 0 Å². The molecule has 3 fully saturated rings. The second-order valence-electron chi connectivity index (χ2n) is 8.27. The Balaban J connectivity index is 1.66. The van der Waals surface area contributed by atoms with E-state index in [1.165, 1.54) is 38.8 Å². The first-order valence-corrected chi connectivity index (χ1v) is 9.52. The van der Waals surface area contributed by atoms with Gasteiger partial charge in [-0.15, -0.1) is 0 Å². The molecule has 0 amide bonds. The molecular formula is C20H38NO+. The van der Waals surface area contributed by atoms with Crippen LogP contribution < -0.4 is 0 Å². The summed E-state index contributed by atoms with van der Waals surface area (Å²) in [6.07, 6.45) is 7.73. The average Bonchev–Trinajstić information content (AvgIpc) is 2.53. The van der Waals surface area contributed by atoms with E-state index >= 15 is 0 Å². The van der Waals surface area contributed by atoms with Crippen LogP contribution in [0.25, 0.3) is 0 Å². The Hall–Kier alpha value is -0.340. The maximum Gasteiger partial charge on any atom is 0.103 e. The van der Waals surface area contributed by atoms with E-state index in [0.717, 1.165) is 48.5 Å². The summed E-state index contributed by atoms with van der Waals surface area (Å²) in [4.78, 5) is 0. The molecule has 0 spiro atoms. The highest BCUT2D eigenvalue weighted by molar-refractivity contribution is 5.03. The molecule has 3 atom stereocenters. The van der Waals surface area contributed by atoms with Crippen LogP contribution in [0.15, 0.2) is 12.7 Å². The number of likely N-dealkylation sites (N-methyl/N-ethyl adjacent to an activating group) is 1. The molecule has 22 heavy (non-hydrogen) atoms. The van der Waals surface area contributed by atoms with E-state index in [-0.39, 0.29) is 0 Å². The molecule has 0 aromatic rings. The molecule has 3 rings (SSSR count). The van der Waals surface area contributed by atoms with E-state index in [1.54, 1.807) is 0 Å². The molecule has 0 aliphatic heterocycles. The quantitative estimate of drug-likeness (QED) is 0.328. The molecule has 0 heterocycles. The standard InChI is InChI=1S/C20H38NO/c1-6-12-21(7-2,8-3)13-15-22-14-11-17-9-10-18-16-19(17)20(18,4)5/h6,17-19H,1,7-16H2,2-5H3/q+1. The number of fused-ring (bicyclic) bond motifs is 2. The summed E-state index contributed by atoms with van der Waals surface area (Å²) in [5, 5.41) is 0. The highest BCUT2D eigenvalue weighted by Crippen LogP contribution is 2.61. The highest BCUT2D eigenvalue weighted by Gasteiger charge is 2.53. The third-order valence-electron chi connectivity index (χ3n) is 7.20. The average molecular weight is 309 g/mol. The van der Waals surface area contributed by atoms with Crippen LogP contribution in [0.3, 0.4) is 0 Å². The van der Waals surface area contributed by atoms with Gasteiger partial charge in [-0.05, 0) is 68.8 Å². The van der Waals surface area contributed by atoms with E-state index in [0.29, 0.717) is 5.41 Å². The lowest BCUT2D eigenvalue weighted by molar-refractivity contribution is -0.919. The summed E-state index contributed by atoms with van der Waals surface area (Å²) in [6.45, 7) is 19.9. The lowest BCUT2D eigenvalue weighted by atomic mass is 9.45. The zero-order valence-corrected chi connectivity index (χ0v) is 15.4. The molecule has 128 valence electrons. The van der Waals surface area contributed by atoms with Crippen molar-refractivity contribution >= 4 is 0 Å². The molecule has 2 heteroatoms. The topological polar surface area (TPSA) is 9.23 Å². The molecule has 0 radical (unpaired) electrons. The van der Waals surface area contributed by atoms with Gasteiger partial charge in [-0.1, -0.05) is 20.4 Å². The Morgan fingerprint density at radius 2 is 1.91 bits per heavy atom. The Kier molecular flexibility index (Phi) is 6.13. The zero-order chi connectivity index (χ0) is 16.2. The van der Waals surface area contributed by atoms with Crippen molar-refractivity contribution in [2.45, 2.75) is 53.4 Å². The van der Waals surface area contributed by atoms with Crippen molar-refractivity contribution in [3.8, 4) is 0 Å². The van der Waals surface area contributed by atoms with E-state index in [9.17, 15) is 0 Å². The van der Waals surface area contributed by atoms with Crippen molar-refractivity contribution in [1.29, 1.82) is 0 Å². The number of rotatable bonds is 10. The lowest BCUT2D eigenvalue weighted by Crippen LogP contribution is -2.52. The zero-order valence-electron chi connectivity index (χ0n) is 15.4. The van der Waals surface area contributed by atoms with Gasteiger partial charge in [0.25, 0.3) is 0 Å². The van der Waals surface area contributed by atoms with E-state index in [2.05, 4.69) is 40.3 Å². The molecule has 3 aliphatic carbocycles. The SMILES string of the molecule is C=CC[N+](CC)(CC)CCOCCC1CCC2CC1C2(C)C. The van der Waals surface area contributed by atoms with Gasteiger partial charge in [0.2, 0.25) is 0 Å². The van der Waals surface area contributed by atoms with Gasteiger partial charge >= 0.3 is 0 Å². The number of nitrogens with zero attached hydrogens (tertiary/aromatic N) is 1. The fourth-order valence-electron chi connectivity index (χ4n) is 5.07. The summed E-state index contributed by atoms with van der Waals surface area (Å²) in [5.41, 5.74) is 0.614. The number of ether oxygens (including phenoxy) is 1. The van der Waals surface area contributed by atoms with E-state index < -0.39 is 0 Å². The smallest absolute Gasteiger partial charge is 0.103 e. The molecule has 0 aromatic heterocycles. The first-order chi connectivity index (χ1) is 10.5. The van der Waals surface area contributed by atoms with Gasteiger partial charge in [0.1, 0.15) is 6.54 Å². The van der Waals surface area contributed by atoms with E-state index in [4.69, 9.17) is 4.74 Å². The molecule has 0 N–H and O–H groups in total. The minimum Gasteiger partial charge on any atom is -0.376 e. The third-order valence-corrected chi connectivity index (χ3v) is 7.20. The van der Waals surface area contributed by atoms with Crippen LogP contribution in [0.5, 0.6) is 0 Å². The fraction of sp³-hybridized carbons (Fsp3) is 0.900. The van der Waals surface area contributed by atoms with Gasteiger partial charge in [0, 0.05) is 6.61 Å². The van der Waals surface area contributed by atoms with Crippen LogP contribution >= 0.6 is 0 Å². The number of hydrogen-bond acceptors (Lipinski definition) is 1. The van der Waals surface area contributed by atoms with Crippen LogP contribution in [0.1, 0.15) is 53.4 Å². The Bertz CT molecular complexity index is 357. The molecule has 2 bridgehead atoms. The van der Waals surface area contributed by atoms with Crippen molar-refractivity contribution < 1.29 is 9.22 Å². The maximum absolute atomic E-state index is 6.03. The summed E-state index contributed by atoms with van der Waals surface area (Å²) in [5.74, 6) is 2.90. The molecule has 0 saturated heterocycles. The van der Waals surface area contributed by atoms with Crippen molar-refractivity contribution in [2.75, 3.05) is 39.4 Å². The summed E-state index contributed by atoms with van der Waals surface area (Å²) in [6, 6.07) is 0. The molecular weight excluding hydrogens is 270 g/mol. The van der Waals surface area contributed by atoms with Crippen molar-refractivity contribution in [1.82, 2.24) is 0 Å². The number of quaternary nitrogens is 1. The normalized spacial score (nSPS) is 29.9. The summed E-state index contributed by atoms with van der Waals surface area (Å²) < 4.78 is 7.14. The van der Waals surface area contributed by atoms with Gasteiger partial charge in [-0.25, -0.2) is 0 Å². The summed E-state index contributed by atoms with van der Waals surface area (Å²) in [7, 11) is 0. The summed E-state index contributed by atoms with van der Waals surface area (Å²) >= 11 is 0. The Morgan fingerprint density at radius 1 is 1.18 bits per heavy atom. The molecule has 3 aliphatic rings. The van der Waals surface area contributed by atoms with Crippen LogP contribution in [-0.2, 0) is 4.74 Å². The largest absolute Gasteiger partial charge is 0.376 e. The van der Waals surface area contributed by atoms with Crippen molar-refractivity contribution in [2.24, 2.45) is 23.2 Å². The molecule has 3 saturated carbocycles. The van der Waals surface area contributed by atoms with Gasteiger partial charge in [-0.3, -0.25) is 0 Å². The first kappa shape index (κ1) is 18.0. The Labute approximate surface area is 138 Å². The second-order valence-corrected chi connectivity index (χ2v) is 8.27. The molecule has 2 nitrogen and oxygen atoms in total. The fourth-order valence-corrected chi connectivity index (χ4v) is 5.07. The van der Waals surface area contributed by atoms with Gasteiger partial charge < -0.3 is 9.22 Å². The monoisotopic (exact) mass is 308 g/mol. The van der Waals surface area contributed by atoms with Gasteiger partial charge in [-0.2, -0.15) is 0 Å². The maximum atomic E-state index is 6.03. The Morgan fingerprint density at radius 3 is 2.45 bits per heavy atom. The van der Waals surface area contributed by atoms with Gasteiger partial charge in [0.05, 0.1) is 26.2 Å². The predicted octanol–water partition coefficient (Wildman–Crippen LogP) is 4.51. The number of hydrogen-bond donors (Lipinski definition) is 0. The van der Waals surface area contributed by atoms with Crippen LogP contribution in [0.4, 0.5) is 0 Å². The first-order valence-electron chi connectivity index (χ1n) is 9.52. The van der Waals surface area contributed by atoms with Crippen LogP contribution in [-0.4, -0.2) is 43.9 Å². The van der Waals surface area contributed by atoms with Crippen molar-refractivity contribution in [3.05, 3.63) is 12.7 Å². The predicted molar refractivity (Wildman–Crippen MR) is 94.8 cm³/mol. The van der Waals surface area contributed by atoms with Crippen LogP contribution in [0, 0.1) is 23.2 Å². The minimum absolute atomic E-state index is 0.614. The highest BCUT2D eigenvalue weighted by atomic mass is 16.5. The third kappa shape index (κ3) is 3.59. The lowest BCUT2D eigenvalue weighted by Gasteiger charge is -2.60.